The molecule has 0 bridgehead atoms. The van der Waals surface area contributed by atoms with Crippen LogP contribution in [0.15, 0.2) is 18.5 Å². The Kier molecular flexibility index (Phi) is 4.55. The van der Waals surface area contributed by atoms with Gasteiger partial charge < -0.3 is 15.2 Å². The smallest absolute Gasteiger partial charge is 0.138 e. The molecular weight excluding hydrogens is 228 g/mol. The minimum Gasteiger partial charge on any atom is -0.489 e. The number of ether oxygens (including phenoxy) is 2. The SMILES string of the molecule is CC(C)Oc1cncc(C(N)CC2CCCO2)c1. The zero-order chi connectivity index (χ0) is 13.0. The lowest BCUT2D eigenvalue weighted by molar-refractivity contribution is 0.0982. The molecule has 1 fully saturated rings. The average molecular weight is 250 g/mol. The number of aromatic nitrogens is 1. The number of pyridine rings is 1. The quantitative estimate of drug-likeness (QED) is 0.872. The van der Waals surface area contributed by atoms with Crippen LogP contribution in [-0.2, 0) is 4.74 Å². The molecule has 0 spiro atoms. The van der Waals surface area contributed by atoms with Crippen LogP contribution in [0.3, 0.4) is 0 Å². The first-order valence-corrected chi connectivity index (χ1v) is 6.64. The number of nitrogens with zero attached hydrogens (tertiary/aromatic N) is 1. The molecule has 2 N–H and O–H groups in total. The van der Waals surface area contributed by atoms with Gasteiger partial charge in [-0.3, -0.25) is 4.98 Å². The maximum absolute atomic E-state index is 6.20. The third kappa shape index (κ3) is 3.68. The molecule has 0 aromatic carbocycles. The highest BCUT2D eigenvalue weighted by Crippen LogP contribution is 2.25. The number of hydrogen-bond acceptors (Lipinski definition) is 4. The summed E-state index contributed by atoms with van der Waals surface area (Å²) in [5.41, 5.74) is 7.22. The maximum Gasteiger partial charge on any atom is 0.138 e. The molecule has 1 aliphatic rings. The summed E-state index contributed by atoms with van der Waals surface area (Å²) in [6, 6.07) is 1.95. The highest BCUT2D eigenvalue weighted by molar-refractivity contribution is 5.26. The van der Waals surface area contributed by atoms with Crippen LogP contribution in [0.5, 0.6) is 5.75 Å². The van der Waals surface area contributed by atoms with Crippen molar-refractivity contribution in [1.29, 1.82) is 0 Å². The van der Waals surface area contributed by atoms with E-state index in [4.69, 9.17) is 15.2 Å². The maximum atomic E-state index is 6.20. The van der Waals surface area contributed by atoms with Crippen LogP contribution < -0.4 is 10.5 Å². The summed E-state index contributed by atoms with van der Waals surface area (Å²) in [4.78, 5) is 4.19. The van der Waals surface area contributed by atoms with Gasteiger partial charge in [-0.2, -0.15) is 0 Å². The predicted molar refractivity (Wildman–Crippen MR) is 70.5 cm³/mol. The molecule has 0 saturated carbocycles. The van der Waals surface area contributed by atoms with Crippen molar-refractivity contribution in [1.82, 2.24) is 4.98 Å². The van der Waals surface area contributed by atoms with E-state index in [9.17, 15) is 0 Å². The van der Waals surface area contributed by atoms with Crippen molar-refractivity contribution in [2.75, 3.05) is 6.61 Å². The lowest BCUT2D eigenvalue weighted by atomic mass is 10.0. The van der Waals surface area contributed by atoms with Gasteiger partial charge in [0.1, 0.15) is 5.75 Å². The molecule has 0 radical (unpaired) electrons. The van der Waals surface area contributed by atoms with Gasteiger partial charge in [-0.25, -0.2) is 0 Å². The van der Waals surface area contributed by atoms with E-state index in [2.05, 4.69) is 4.98 Å². The summed E-state index contributed by atoms with van der Waals surface area (Å²) in [5, 5.41) is 0. The Labute approximate surface area is 108 Å². The molecule has 4 nitrogen and oxygen atoms in total. The van der Waals surface area contributed by atoms with Gasteiger partial charge in [-0.15, -0.1) is 0 Å². The summed E-state index contributed by atoms with van der Waals surface area (Å²) in [6.45, 7) is 4.87. The van der Waals surface area contributed by atoms with E-state index in [0.717, 1.165) is 37.2 Å². The first-order valence-electron chi connectivity index (χ1n) is 6.64. The van der Waals surface area contributed by atoms with E-state index >= 15 is 0 Å². The van der Waals surface area contributed by atoms with E-state index in [1.54, 1.807) is 6.20 Å². The van der Waals surface area contributed by atoms with Gasteiger partial charge >= 0.3 is 0 Å². The Morgan fingerprint density at radius 1 is 1.50 bits per heavy atom. The third-order valence-corrected chi connectivity index (χ3v) is 3.08. The van der Waals surface area contributed by atoms with Crippen LogP contribution >= 0.6 is 0 Å². The minimum atomic E-state index is -0.0312. The van der Waals surface area contributed by atoms with Crippen molar-refractivity contribution >= 4 is 0 Å². The van der Waals surface area contributed by atoms with Gasteiger partial charge in [0.05, 0.1) is 18.4 Å². The fourth-order valence-corrected chi connectivity index (χ4v) is 2.22. The number of rotatable bonds is 5. The van der Waals surface area contributed by atoms with E-state index in [-0.39, 0.29) is 12.1 Å². The van der Waals surface area contributed by atoms with Crippen molar-refractivity contribution in [3.63, 3.8) is 0 Å². The van der Waals surface area contributed by atoms with Crippen LogP contribution in [0.4, 0.5) is 0 Å². The Morgan fingerprint density at radius 3 is 3.00 bits per heavy atom. The highest BCUT2D eigenvalue weighted by atomic mass is 16.5. The third-order valence-electron chi connectivity index (χ3n) is 3.08. The summed E-state index contributed by atoms with van der Waals surface area (Å²) < 4.78 is 11.2. The van der Waals surface area contributed by atoms with Crippen molar-refractivity contribution in [2.24, 2.45) is 5.73 Å². The molecule has 2 rings (SSSR count). The topological polar surface area (TPSA) is 57.4 Å². The molecule has 0 aliphatic carbocycles. The van der Waals surface area contributed by atoms with E-state index < -0.39 is 0 Å². The summed E-state index contributed by atoms with van der Waals surface area (Å²) in [7, 11) is 0. The fraction of sp³-hybridized carbons (Fsp3) is 0.643. The minimum absolute atomic E-state index is 0.0312. The second kappa shape index (κ2) is 6.16. The second-order valence-corrected chi connectivity index (χ2v) is 5.10. The average Bonchev–Trinajstić information content (AvgIpc) is 2.81. The molecule has 2 unspecified atom stereocenters. The lowest BCUT2D eigenvalue weighted by Gasteiger charge is -2.17. The molecular formula is C14H22N2O2. The van der Waals surface area contributed by atoms with Gasteiger partial charge in [0.25, 0.3) is 0 Å². The Balaban J connectivity index is 1.98. The lowest BCUT2D eigenvalue weighted by Crippen LogP contribution is -2.18. The number of nitrogens with two attached hydrogens (primary N) is 1. The summed E-state index contributed by atoms with van der Waals surface area (Å²) >= 11 is 0. The second-order valence-electron chi connectivity index (χ2n) is 5.10. The van der Waals surface area contributed by atoms with Crippen molar-refractivity contribution < 1.29 is 9.47 Å². The van der Waals surface area contributed by atoms with Gasteiger partial charge in [0.15, 0.2) is 0 Å². The zero-order valence-corrected chi connectivity index (χ0v) is 11.1. The Bertz CT molecular complexity index is 376. The molecule has 1 aliphatic heterocycles. The molecule has 18 heavy (non-hydrogen) atoms. The van der Waals surface area contributed by atoms with Crippen molar-refractivity contribution in [3.8, 4) is 5.75 Å². The molecule has 2 atom stereocenters. The van der Waals surface area contributed by atoms with Gasteiger partial charge in [0.2, 0.25) is 0 Å². The van der Waals surface area contributed by atoms with Gasteiger partial charge in [0, 0.05) is 18.8 Å². The first-order chi connectivity index (χ1) is 8.65. The van der Waals surface area contributed by atoms with Gasteiger partial charge in [-0.05, 0) is 44.7 Å². The highest BCUT2D eigenvalue weighted by Gasteiger charge is 2.20. The first kappa shape index (κ1) is 13.3. The van der Waals surface area contributed by atoms with Crippen LogP contribution in [0.1, 0.15) is 44.7 Å². The molecule has 4 heteroatoms. The molecule has 1 aromatic heterocycles. The number of hydrogen-bond donors (Lipinski definition) is 1. The monoisotopic (exact) mass is 250 g/mol. The van der Waals surface area contributed by atoms with Crippen molar-refractivity contribution in [3.05, 3.63) is 24.0 Å². The molecule has 2 heterocycles. The molecule has 1 saturated heterocycles. The Morgan fingerprint density at radius 2 is 2.33 bits per heavy atom. The fourth-order valence-electron chi connectivity index (χ4n) is 2.22. The molecule has 1 aromatic rings. The van der Waals surface area contributed by atoms with E-state index in [1.807, 2.05) is 26.1 Å². The zero-order valence-electron chi connectivity index (χ0n) is 11.1. The molecule has 0 amide bonds. The van der Waals surface area contributed by atoms with Gasteiger partial charge in [-0.1, -0.05) is 0 Å². The van der Waals surface area contributed by atoms with Crippen LogP contribution in [0.25, 0.3) is 0 Å². The normalized spacial score (nSPS) is 21.2. The predicted octanol–water partition coefficient (Wildman–Crippen LogP) is 2.44. The standard InChI is InChI=1S/C14H22N2O2/c1-10(2)18-13-6-11(8-16-9-13)14(15)7-12-4-3-5-17-12/h6,8-10,12,14H,3-5,7,15H2,1-2H3. The Hall–Kier alpha value is -1.13. The van der Waals surface area contributed by atoms with E-state index in [0.29, 0.717) is 6.10 Å². The largest absolute Gasteiger partial charge is 0.489 e. The van der Waals surface area contributed by atoms with Crippen LogP contribution in [0, 0.1) is 0 Å². The molecule has 100 valence electrons. The van der Waals surface area contributed by atoms with Crippen molar-refractivity contribution in [2.45, 2.75) is 51.4 Å². The van der Waals surface area contributed by atoms with Crippen LogP contribution in [0.2, 0.25) is 0 Å². The van der Waals surface area contributed by atoms with E-state index in [1.165, 1.54) is 0 Å². The van der Waals surface area contributed by atoms with Crippen LogP contribution in [-0.4, -0.2) is 23.8 Å². The summed E-state index contributed by atoms with van der Waals surface area (Å²) in [5.74, 6) is 0.783. The summed E-state index contributed by atoms with van der Waals surface area (Å²) in [6.07, 6.45) is 7.10.